The Kier molecular flexibility index (Phi) is 7.51. The average molecular weight is 367 g/mol. The highest BCUT2D eigenvalue weighted by Crippen LogP contribution is 2.27. The molecule has 1 rings (SSSR count). The van der Waals surface area contributed by atoms with E-state index in [2.05, 4.69) is 15.4 Å². The number of carbonyl (C=O) groups is 3. The summed E-state index contributed by atoms with van der Waals surface area (Å²) in [6.07, 6.45) is 0.272. The molecule has 0 spiro atoms. The van der Waals surface area contributed by atoms with Crippen LogP contribution in [0.2, 0.25) is 0 Å². The second kappa shape index (κ2) is 9.35. The number of nitro groups is 1. The van der Waals surface area contributed by atoms with E-state index in [0.29, 0.717) is 0 Å². The number of nitrogens with one attached hydrogen (secondary N) is 2. The van der Waals surface area contributed by atoms with Crippen LogP contribution in [0.5, 0.6) is 0 Å². The summed E-state index contributed by atoms with van der Waals surface area (Å²) in [7, 11) is 1.16. The summed E-state index contributed by atoms with van der Waals surface area (Å²) in [4.78, 5) is 44.9. The number of rotatable bonds is 9. The lowest BCUT2D eigenvalue weighted by Gasteiger charge is -2.18. The first kappa shape index (κ1) is 20.9. The highest BCUT2D eigenvalue weighted by atomic mass is 16.6. The van der Waals surface area contributed by atoms with Crippen LogP contribution >= 0.6 is 0 Å². The molecule has 0 radical (unpaired) electrons. The van der Waals surface area contributed by atoms with Crippen LogP contribution in [0.4, 0.5) is 11.4 Å². The Balaban J connectivity index is 3.04. The third-order valence-corrected chi connectivity index (χ3v) is 3.41. The summed E-state index contributed by atoms with van der Waals surface area (Å²) in [5.74, 6) is -2.43. The fourth-order valence-corrected chi connectivity index (χ4v) is 2.15. The molecule has 0 bridgehead atoms. The highest BCUT2D eigenvalue weighted by Gasteiger charge is 2.24. The number of nitrogens with zero attached hydrogens (tertiary/aromatic N) is 1. The van der Waals surface area contributed by atoms with Gasteiger partial charge in [-0.2, -0.15) is 0 Å². The predicted octanol–water partition coefficient (Wildman–Crippen LogP) is 1.41. The first-order valence-corrected chi connectivity index (χ1v) is 7.78. The van der Waals surface area contributed by atoms with Gasteiger partial charge in [0, 0.05) is 11.6 Å². The average Bonchev–Trinajstić information content (AvgIpc) is 2.58. The number of methoxy groups -OCH3 is 1. The Hall–Kier alpha value is -3.17. The largest absolute Gasteiger partial charge is 0.480 e. The van der Waals surface area contributed by atoms with E-state index in [-0.39, 0.29) is 30.1 Å². The van der Waals surface area contributed by atoms with Gasteiger partial charge < -0.3 is 20.5 Å². The van der Waals surface area contributed by atoms with Gasteiger partial charge in [-0.05, 0) is 24.5 Å². The van der Waals surface area contributed by atoms with Crippen molar-refractivity contribution in [3.63, 3.8) is 0 Å². The van der Waals surface area contributed by atoms with Crippen molar-refractivity contribution in [1.82, 2.24) is 5.32 Å². The number of benzene rings is 1. The van der Waals surface area contributed by atoms with Gasteiger partial charge in [-0.3, -0.25) is 19.7 Å². The molecule has 1 aromatic rings. The van der Waals surface area contributed by atoms with Crippen molar-refractivity contribution >= 4 is 29.2 Å². The van der Waals surface area contributed by atoms with E-state index in [1.165, 1.54) is 12.1 Å². The Morgan fingerprint density at radius 3 is 2.46 bits per heavy atom. The minimum Gasteiger partial charge on any atom is -0.480 e. The van der Waals surface area contributed by atoms with Crippen LogP contribution < -0.4 is 10.6 Å². The van der Waals surface area contributed by atoms with Crippen molar-refractivity contribution in [3.8, 4) is 0 Å². The van der Waals surface area contributed by atoms with E-state index in [1.54, 1.807) is 0 Å². The molecule has 0 heterocycles. The summed E-state index contributed by atoms with van der Waals surface area (Å²) in [6.45, 7) is 3.29. The molecule has 0 saturated heterocycles. The molecule has 0 unspecified atom stereocenters. The molecular weight excluding hydrogens is 346 g/mol. The van der Waals surface area contributed by atoms with Gasteiger partial charge >= 0.3 is 11.9 Å². The molecule has 1 aromatic carbocycles. The first-order valence-electron chi connectivity index (χ1n) is 7.78. The fourth-order valence-electron chi connectivity index (χ4n) is 2.15. The van der Waals surface area contributed by atoms with Crippen molar-refractivity contribution in [2.45, 2.75) is 26.3 Å². The second-order valence-electron chi connectivity index (χ2n) is 5.91. The molecule has 142 valence electrons. The number of aliphatic carboxylic acids is 1. The quantitative estimate of drug-likeness (QED) is 0.337. The minimum absolute atomic E-state index is 0.00688. The lowest BCUT2D eigenvalue weighted by atomic mass is 10.0. The Labute approximate surface area is 149 Å². The highest BCUT2D eigenvalue weighted by molar-refractivity contribution is 5.97. The van der Waals surface area contributed by atoms with E-state index in [4.69, 9.17) is 0 Å². The van der Waals surface area contributed by atoms with Crippen molar-refractivity contribution in [2.24, 2.45) is 5.92 Å². The van der Waals surface area contributed by atoms with Crippen LogP contribution in [-0.2, 0) is 14.3 Å². The molecule has 0 aromatic heterocycles. The van der Waals surface area contributed by atoms with E-state index in [9.17, 15) is 29.6 Å². The molecule has 10 heteroatoms. The number of hydrogen-bond donors (Lipinski definition) is 3. The maximum absolute atomic E-state index is 12.0. The van der Waals surface area contributed by atoms with Crippen LogP contribution in [0.25, 0.3) is 0 Å². The Morgan fingerprint density at radius 2 is 1.96 bits per heavy atom. The number of hydrogen-bond acceptors (Lipinski definition) is 7. The number of carboxylic acids is 1. The topological polar surface area (TPSA) is 148 Å². The van der Waals surface area contributed by atoms with Gasteiger partial charge in [-0.15, -0.1) is 0 Å². The first-order chi connectivity index (χ1) is 12.1. The normalized spacial score (nSPS) is 11.5. The smallest absolute Gasteiger partial charge is 0.326 e. The molecule has 3 N–H and O–H groups in total. The number of carbonyl (C=O) groups excluding carboxylic acids is 2. The summed E-state index contributed by atoms with van der Waals surface area (Å²) < 4.78 is 4.39. The van der Waals surface area contributed by atoms with Gasteiger partial charge in [0.2, 0.25) is 0 Å². The predicted molar refractivity (Wildman–Crippen MR) is 91.9 cm³/mol. The van der Waals surface area contributed by atoms with Gasteiger partial charge in [-0.1, -0.05) is 13.8 Å². The number of anilines is 1. The number of nitro benzene ring substituents is 1. The van der Waals surface area contributed by atoms with Gasteiger partial charge in [0.1, 0.15) is 18.3 Å². The SMILES string of the molecule is COC(=O)CNC(=O)c1ccc(N[C@H](CC(C)C)C(=O)O)c([N+](=O)[O-])c1. The molecule has 1 atom stereocenters. The zero-order chi connectivity index (χ0) is 19.9. The number of ether oxygens (including phenoxy) is 1. The minimum atomic E-state index is -1.13. The molecule has 1 amide bonds. The maximum Gasteiger partial charge on any atom is 0.326 e. The summed E-state index contributed by atoms with van der Waals surface area (Å²) in [5.41, 5.74) is -0.486. The zero-order valence-electron chi connectivity index (χ0n) is 14.6. The lowest BCUT2D eigenvalue weighted by Crippen LogP contribution is -2.31. The van der Waals surface area contributed by atoms with E-state index < -0.39 is 34.5 Å². The van der Waals surface area contributed by atoms with Crippen LogP contribution in [-0.4, -0.2) is 47.6 Å². The Morgan fingerprint density at radius 1 is 1.31 bits per heavy atom. The fraction of sp³-hybridized carbons (Fsp3) is 0.438. The molecule has 0 fully saturated rings. The summed E-state index contributed by atoms with van der Waals surface area (Å²) >= 11 is 0. The monoisotopic (exact) mass is 367 g/mol. The number of amides is 1. The standard InChI is InChI=1S/C16H21N3O7/c1-9(2)6-12(16(22)23)18-11-5-4-10(7-13(11)19(24)25)15(21)17-8-14(20)26-3/h4-5,7,9,12,18H,6,8H2,1-3H3,(H,17,21)(H,22,23)/t12-/m1/s1. The summed E-state index contributed by atoms with van der Waals surface area (Å²) in [5, 5.41) is 25.5. The molecule has 0 aliphatic heterocycles. The third-order valence-electron chi connectivity index (χ3n) is 3.41. The van der Waals surface area contributed by atoms with Gasteiger partial charge in [0.15, 0.2) is 0 Å². The number of esters is 1. The van der Waals surface area contributed by atoms with E-state index in [0.717, 1.165) is 13.2 Å². The van der Waals surface area contributed by atoms with E-state index >= 15 is 0 Å². The Bertz CT molecular complexity index is 703. The molecule has 0 aliphatic rings. The molecule has 0 aliphatic carbocycles. The van der Waals surface area contributed by atoms with Gasteiger partial charge in [0.25, 0.3) is 11.6 Å². The molecule has 10 nitrogen and oxygen atoms in total. The van der Waals surface area contributed by atoms with Gasteiger partial charge in [0.05, 0.1) is 12.0 Å². The summed E-state index contributed by atoms with van der Waals surface area (Å²) in [6, 6.07) is 2.58. The maximum atomic E-state index is 12.0. The van der Waals surface area contributed by atoms with Crippen LogP contribution in [0.3, 0.4) is 0 Å². The lowest BCUT2D eigenvalue weighted by molar-refractivity contribution is -0.384. The van der Waals surface area contributed by atoms with Crippen molar-refractivity contribution in [1.29, 1.82) is 0 Å². The second-order valence-corrected chi connectivity index (χ2v) is 5.91. The number of carboxylic acid groups (broad SMARTS) is 1. The van der Waals surface area contributed by atoms with Crippen molar-refractivity contribution in [2.75, 3.05) is 19.0 Å². The third kappa shape index (κ3) is 6.04. The zero-order valence-corrected chi connectivity index (χ0v) is 14.6. The van der Waals surface area contributed by atoms with E-state index in [1.807, 2.05) is 13.8 Å². The van der Waals surface area contributed by atoms with Crippen LogP contribution in [0, 0.1) is 16.0 Å². The molecule has 0 saturated carbocycles. The van der Waals surface area contributed by atoms with Crippen molar-refractivity contribution in [3.05, 3.63) is 33.9 Å². The molecule has 26 heavy (non-hydrogen) atoms. The van der Waals surface area contributed by atoms with Gasteiger partial charge in [-0.25, -0.2) is 4.79 Å². The van der Waals surface area contributed by atoms with Crippen LogP contribution in [0.1, 0.15) is 30.6 Å². The molecular formula is C16H21N3O7. The van der Waals surface area contributed by atoms with Crippen molar-refractivity contribution < 1.29 is 29.2 Å². The van der Waals surface area contributed by atoms with Crippen LogP contribution in [0.15, 0.2) is 18.2 Å².